The Kier molecular flexibility index (Phi) is 9.04. The number of carboxylic acids is 1. The Balaban J connectivity index is 0.00000364. The number of halogens is 3. The van der Waals surface area contributed by atoms with Crippen molar-refractivity contribution in [2.45, 2.75) is 6.04 Å². The maximum Gasteiger partial charge on any atom is 0.330 e. The Morgan fingerprint density at radius 1 is 1.26 bits per heavy atom. The van der Waals surface area contributed by atoms with Crippen LogP contribution in [0, 0.1) is 5.41 Å². The maximum absolute atomic E-state index is 11.9. The molecule has 7 nitrogen and oxygen atoms in total. The van der Waals surface area contributed by atoms with Crippen molar-refractivity contribution in [1.29, 1.82) is 5.41 Å². The molecule has 10 heteroatoms. The number of rotatable bonds is 8. The van der Waals surface area contributed by atoms with Gasteiger partial charge in [0.25, 0.3) is 0 Å². The predicted octanol–water partition coefficient (Wildman–Crippen LogP) is 3.53. The van der Waals surface area contributed by atoms with E-state index in [0.29, 0.717) is 31.5 Å². The van der Waals surface area contributed by atoms with Gasteiger partial charge in [-0.2, -0.15) is 0 Å². The molecule has 146 valence electrons. The first kappa shape index (κ1) is 23.2. The molecule has 6 N–H and O–H groups in total. The fourth-order valence-electron chi connectivity index (χ4n) is 2.28. The third kappa shape index (κ3) is 6.10. The molecule has 2 aromatic rings. The van der Waals surface area contributed by atoms with Crippen LogP contribution in [0.1, 0.15) is 17.2 Å². The quantitative estimate of drug-likeness (QED) is 0.266. The summed E-state index contributed by atoms with van der Waals surface area (Å²) >= 11 is 6.71. The lowest BCUT2D eigenvalue weighted by atomic mass is 10.0. The molecule has 1 unspecified atom stereocenters. The van der Waals surface area contributed by atoms with Gasteiger partial charge < -0.3 is 26.0 Å². The number of hydrogen-bond donors (Lipinski definition) is 5. The normalized spacial score (nSPS) is 11.2. The number of nitrogen functional groups attached to an aromatic ring is 1. The molecule has 0 aliphatic rings. The summed E-state index contributed by atoms with van der Waals surface area (Å²) in [6.45, 7) is -0.160. The average molecular weight is 524 g/mol. The average Bonchev–Trinajstić information content (AvgIpc) is 2.58. The van der Waals surface area contributed by atoms with Gasteiger partial charge in [0.2, 0.25) is 0 Å². The standard InChI is InChI=1S/C17H17Br2N3O4.ClH/c18-10-7-12(15(13(19)8-10)26-6-5-23)14(17(24)25)22-11-3-1-9(2-4-11)16(20)21;/h1-4,7-8,14,22-23H,5-6H2,(H3,20,21)(H,24,25);1H. The van der Waals surface area contributed by atoms with Crippen molar-refractivity contribution in [2.75, 3.05) is 18.5 Å². The van der Waals surface area contributed by atoms with Gasteiger partial charge in [-0.05, 0) is 52.3 Å². The summed E-state index contributed by atoms with van der Waals surface area (Å²) in [5.41, 5.74) is 6.91. The first-order valence-corrected chi connectivity index (χ1v) is 9.08. The van der Waals surface area contributed by atoms with E-state index in [9.17, 15) is 9.90 Å². The number of carbonyl (C=O) groups is 1. The Hall–Kier alpha value is -1.81. The van der Waals surface area contributed by atoms with Gasteiger partial charge in [0.1, 0.15) is 18.2 Å². The number of nitrogens with one attached hydrogen (secondary N) is 2. The third-order valence-corrected chi connectivity index (χ3v) is 4.49. The van der Waals surface area contributed by atoms with E-state index in [1.165, 1.54) is 0 Å². The zero-order chi connectivity index (χ0) is 19.3. The molecule has 0 aliphatic heterocycles. The van der Waals surface area contributed by atoms with E-state index in [1.54, 1.807) is 36.4 Å². The smallest absolute Gasteiger partial charge is 0.330 e. The van der Waals surface area contributed by atoms with Crippen molar-refractivity contribution in [3.05, 3.63) is 56.5 Å². The Bertz CT molecular complexity index is 819. The van der Waals surface area contributed by atoms with E-state index in [0.717, 1.165) is 0 Å². The predicted molar refractivity (Wildman–Crippen MR) is 113 cm³/mol. The van der Waals surface area contributed by atoms with Crippen molar-refractivity contribution in [3.8, 4) is 5.75 Å². The van der Waals surface area contributed by atoms with Crippen molar-refractivity contribution in [2.24, 2.45) is 5.73 Å². The van der Waals surface area contributed by atoms with E-state index < -0.39 is 12.0 Å². The molecule has 0 saturated heterocycles. The summed E-state index contributed by atoms with van der Waals surface area (Å²) in [7, 11) is 0. The largest absolute Gasteiger partial charge is 0.490 e. The summed E-state index contributed by atoms with van der Waals surface area (Å²) < 4.78 is 6.77. The summed E-state index contributed by atoms with van der Waals surface area (Å²) in [5.74, 6) is -0.830. The highest BCUT2D eigenvalue weighted by Crippen LogP contribution is 2.37. The molecule has 0 aliphatic carbocycles. The fourth-order valence-corrected chi connectivity index (χ4v) is 3.65. The van der Waals surface area contributed by atoms with E-state index in [-0.39, 0.29) is 31.5 Å². The first-order chi connectivity index (χ1) is 12.3. The summed E-state index contributed by atoms with van der Waals surface area (Å²) in [4.78, 5) is 11.9. The van der Waals surface area contributed by atoms with Gasteiger partial charge in [0.05, 0.1) is 11.1 Å². The first-order valence-electron chi connectivity index (χ1n) is 7.50. The van der Waals surface area contributed by atoms with Crippen LogP contribution in [-0.2, 0) is 4.79 Å². The highest BCUT2D eigenvalue weighted by molar-refractivity contribution is 9.11. The SMILES string of the molecule is Cl.N=C(N)c1ccc(NC(C(=O)O)c2cc(Br)cc(Br)c2OCCO)cc1. The van der Waals surface area contributed by atoms with Crippen LogP contribution in [0.3, 0.4) is 0 Å². The Morgan fingerprint density at radius 2 is 1.89 bits per heavy atom. The lowest BCUT2D eigenvalue weighted by Crippen LogP contribution is -2.22. The molecular formula is C17H18Br2ClN3O4. The highest BCUT2D eigenvalue weighted by atomic mass is 79.9. The van der Waals surface area contributed by atoms with Gasteiger partial charge in [-0.25, -0.2) is 4.79 Å². The van der Waals surface area contributed by atoms with Crippen LogP contribution in [0.15, 0.2) is 45.3 Å². The lowest BCUT2D eigenvalue weighted by Gasteiger charge is -2.21. The van der Waals surface area contributed by atoms with Gasteiger partial charge in [-0.1, -0.05) is 15.9 Å². The van der Waals surface area contributed by atoms with Gasteiger partial charge >= 0.3 is 5.97 Å². The Morgan fingerprint density at radius 3 is 2.41 bits per heavy atom. The zero-order valence-corrected chi connectivity index (χ0v) is 17.9. The number of ether oxygens (including phenoxy) is 1. The zero-order valence-electron chi connectivity index (χ0n) is 13.9. The topological polar surface area (TPSA) is 129 Å². The van der Waals surface area contributed by atoms with Gasteiger partial charge in [0.15, 0.2) is 6.04 Å². The van der Waals surface area contributed by atoms with E-state index in [4.69, 9.17) is 21.0 Å². The number of carboxylic acid groups (broad SMARTS) is 1. The fraction of sp³-hybridized carbons (Fsp3) is 0.176. The number of amidine groups is 1. The third-order valence-electron chi connectivity index (χ3n) is 3.44. The minimum atomic E-state index is -1.10. The second-order valence-corrected chi connectivity index (χ2v) is 7.05. The number of hydrogen-bond acceptors (Lipinski definition) is 5. The number of aliphatic hydroxyl groups excluding tert-OH is 1. The van der Waals surface area contributed by atoms with Crippen LogP contribution >= 0.6 is 44.3 Å². The number of aliphatic carboxylic acids is 1. The molecule has 27 heavy (non-hydrogen) atoms. The summed E-state index contributed by atoms with van der Waals surface area (Å²) in [6, 6.07) is 8.83. The molecule has 0 aromatic heterocycles. The summed E-state index contributed by atoms with van der Waals surface area (Å²) in [6.07, 6.45) is 0. The van der Waals surface area contributed by atoms with Gasteiger partial charge in [-0.3, -0.25) is 5.41 Å². The minimum Gasteiger partial charge on any atom is -0.490 e. The van der Waals surface area contributed by atoms with Crippen LogP contribution in [0.4, 0.5) is 5.69 Å². The van der Waals surface area contributed by atoms with Crippen LogP contribution in [-0.4, -0.2) is 35.2 Å². The van der Waals surface area contributed by atoms with E-state index in [1.807, 2.05) is 0 Å². The highest BCUT2D eigenvalue weighted by Gasteiger charge is 2.26. The van der Waals surface area contributed by atoms with Crippen molar-refractivity contribution in [1.82, 2.24) is 0 Å². The van der Waals surface area contributed by atoms with Gasteiger partial charge in [-0.15, -0.1) is 12.4 Å². The Labute approximate surface area is 179 Å². The minimum absolute atomic E-state index is 0. The lowest BCUT2D eigenvalue weighted by molar-refractivity contribution is -0.138. The van der Waals surface area contributed by atoms with Crippen LogP contribution in [0.25, 0.3) is 0 Å². The molecular weight excluding hydrogens is 505 g/mol. The summed E-state index contributed by atoms with van der Waals surface area (Å²) in [5, 5.41) is 29.1. The van der Waals surface area contributed by atoms with Crippen molar-refractivity contribution < 1.29 is 19.7 Å². The second-order valence-electron chi connectivity index (χ2n) is 5.28. The number of anilines is 1. The molecule has 2 rings (SSSR count). The number of nitrogens with two attached hydrogens (primary N) is 1. The molecule has 0 radical (unpaired) electrons. The molecule has 0 spiro atoms. The number of aliphatic hydroxyl groups is 1. The monoisotopic (exact) mass is 521 g/mol. The molecule has 0 fully saturated rings. The van der Waals surface area contributed by atoms with Crippen LogP contribution in [0.2, 0.25) is 0 Å². The van der Waals surface area contributed by atoms with Crippen molar-refractivity contribution >= 4 is 61.8 Å². The van der Waals surface area contributed by atoms with Gasteiger partial charge in [0, 0.05) is 21.3 Å². The van der Waals surface area contributed by atoms with Crippen molar-refractivity contribution in [3.63, 3.8) is 0 Å². The van der Waals surface area contributed by atoms with E-state index in [2.05, 4.69) is 37.2 Å². The molecule has 0 amide bonds. The maximum atomic E-state index is 11.9. The van der Waals surface area contributed by atoms with Crippen LogP contribution < -0.4 is 15.8 Å². The molecule has 0 bridgehead atoms. The molecule has 0 heterocycles. The molecule has 0 saturated carbocycles. The van der Waals surface area contributed by atoms with E-state index >= 15 is 0 Å². The molecule has 2 aromatic carbocycles. The number of benzene rings is 2. The second kappa shape index (κ2) is 10.5. The molecule has 1 atom stereocenters. The van der Waals surface area contributed by atoms with Crippen LogP contribution in [0.5, 0.6) is 5.75 Å².